The number of carbonyl (C=O) groups excluding carboxylic acids is 1. The van der Waals surface area contributed by atoms with Crippen LogP contribution in [-0.2, 0) is 4.74 Å². The molecule has 1 N–H and O–H groups in total. The number of amides is 1. The molecule has 0 unspecified atom stereocenters. The quantitative estimate of drug-likeness (QED) is 0.936. The number of methoxy groups -OCH3 is 1. The van der Waals surface area contributed by atoms with Gasteiger partial charge >= 0.3 is 6.09 Å². The molecule has 0 radical (unpaired) electrons. The highest BCUT2D eigenvalue weighted by molar-refractivity contribution is 6.31. The topological polar surface area (TPSA) is 73.3 Å². The predicted octanol–water partition coefficient (Wildman–Crippen LogP) is 2.86. The number of fused-ring (bicyclic) bond motifs is 1. The molecule has 19 heavy (non-hydrogen) atoms. The minimum atomic E-state index is -0.614. The molecule has 2 aromatic rings. The van der Waals surface area contributed by atoms with Gasteiger partial charge in [-0.05, 0) is 25.1 Å². The summed E-state index contributed by atoms with van der Waals surface area (Å²) in [5.41, 5.74) is 1.18. The summed E-state index contributed by atoms with van der Waals surface area (Å²) >= 11 is 5.89. The number of aromatic nitrogens is 2. The van der Waals surface area contributed by atoms with Crippen molar-refractivity contribution in [1.82, 2.24) is 9.97 Å². The van der Waals surface area contributed by atoms with Gasteiger partial charge in [0.1, 0.15) is 0 Å². The number of nitrogens with zero attached hydrogens (tertiary/aromatic N) is 2. The van der Waals surface area contributed by atoms with Gasteiger partial charge in [-0.2, -0.15) is 0 Å². The van der Waals surface area contributed by atoms with E-state index in [9.17, 15) is 4.79 Å². The number of hydrogen-bond acceptors (Lipinski definition) is 5. The van der Waals surface area contributed by atoms with E-state index in [1.54, 1.807) is 25.1 Å². The molecule has 1 amide bonds. The Morgan fingerprint density at radius 1 is 1.37 bits per heavy atom. The van der Waals surface area contributed by atoms with Gasteiger partial charge in [0, 0.05) is 5.02 Å². The molecular formula is C12H12ClN3O3. The molecule has 100 valence electrons. The van der Waals surface area contributed by atoms with Gasteiger partial charge in [-0.15, -0.1) is 0 Å². The molecule has 0 bridgehead atoms. The molecule has 2 rings (SSSR count). The molecule has 0 aliphatic rings. The second-order valence-corrected chi connectivity index (χ2v) is 4.00. The van der Waals surface area contributed by atoms with Gasteiger partial charge in [-0.25, -0.2) is 14.8 Å². The standard InChI is InChI=1S/C12H12ClN3O3/c1-3-19-12(17)16-10-11(18-2)15-8-5-4-7(13)6-9(8)14-10/h4-6H,3H2,1-2H3,(H,14,16,17). The monoisotopic (exact) mass is 281 g/mol. The van der Waals surface area contributed by atoms with Crippen molar-refractivity contribution in [2.24, 2.45) is 0 Å². The van der Waals surface area contributed by atoms with Crippen LogP contribution < -0.4 is 10.1 Å². The fourth-order valence-corrected chi connectivity index (χ4v) is 1.67. The van der Waals surface area contributed by atoms with Gasteiger partial charge in [0.2, 0.25) is 0 Å². The Hall–Kier alpha value is -2.08. The molecule has 1 aromatic carbocycles. The lowest BCUT2D eigenvalue weighted by Crippen LogP contribution is -2.15. The first-order chi connectivity index (χ1) is 9.13. The maximum Gasteiger partial charge on any atom is 0.412 e. The molecule has 6 nitrogen and oxygen atoms in total. The Bertz CT molecular complexity index is 618. The van der Waals surface area contributed by atoms with Crippen LogP contribution >= 0.6 is 11.6 Å². The highest BCUT2D eigenvalue weighted by Crippen LogP contribution is 2.25. The van der Waals surface area contributed by atoms with Gasteiger partial charge < -0.3 is 9.47 Å². The number of carbonyl (C=O) groups is 1. The molecule has 0 atom stereocenters. The van der Waals surface area contributed by atoms with Crippen LogP contribution in [0, 0.1) is 0 Å². The lowest BCUT2D eigenvalue weighted by Gasteiger charge is -2.09. The van der Waals surface area contributed by atoms with Crippen LogP contribution in [0.25, 0.3) is 11.0 Å². The Morgan fingerprint density at radius 2 is 2.16 bits per heavy atom. The third-order valence-electron chi connectivity index (χ3n) is 2.28. The fourth-order valence-electron chi connectivity index (χ4n) is 1.50. The van der Waals surface area contributed by atoms with E-state index in [0.717, 1.165) is 0 Å². The molecular weight excluding hydrogens is 270 g/mol. The second kappa shape index (κ2) is 5.71. The van der Waals surface area contributed by atoms with Crippen LogP contribution in [-0.4, -0.2) is 29.8 Å². The average molecular weight is 282 g/mol. The van der Waals surface area contributed by atoms with E-state index in [1.807, 2.05) is 0 Å². The van der Waals surface area contributed by atoms with Gasteiger partial charge in [0.15, 0.2) is 5.82 Å². The van der Waals surface area contributed by atoms with E-state index in [4.69, 9.17) is 21.1 Å². The molecule has 0 saturated carbocycles. The Balaban J connectivity index is 2.43. The van der Waals surface area contributed by atoms with Crippen molar-refractivity contribution in [1.29, 1.82) is 0 Å². The Kier molecular flexibility index (Phi) is 4.01. The maximum atomic E-state index is 11.4. The number of benzene rings is 1. The number of hydrogen-bond donors (Lipinski definition) is 1. The predicted molar refractivity (Wildman–Crippen MR) is 71.7 cm³/mol. The fraction of sp³-hybridized carbons (Fsp3) is 0.250. The first-order valence-electron chi connectivity index (χ1n) is 5.59. The Labute approximate surface area is 114 Å². The smallest absolute Gasteiger partial charge is 0.412 e. The third kappa shape index (κ3) is 3.03. The van der Waals surface area contributed by atoms with Gasteiger partial charge in [0.25, 0.3) is 5.88 Å². The molecule has 1 heterocycles. The zero-order valence-corrected chi connectivity index (χ0v) is 11.2. The normalized spacial score (nSPS) is 10.3. The van der Waals surface area contributed by atoms with Crippen LogP contribution in [0.1, 0.15) is 6.92 Å². The van der Waals surface area contributed by atoms with E-state index in [1.165, 1.54) is 7.11 Å². The van der Waals surface area contributed by atoms with E-state index in [0.29, 0.717) is 16.1 Å². The summed E-state index contributed by atoms with van der Waals surface area (Å²) in [5, 5.41) is 3.01. The van der Waals surface area contributed by atoms with Crippen molar-refractivity contribution in [3.8, 4) is 5.88 Å². The summed E-state index contributed by atoms with van der Waals surface area (Å²) in [4.78, 5) is 19.9. The molecule has 0 spiro atoms. The number of ether oxygens (including phenoxy) is 2. The Morgan fingerprint density at radius 3 is 2.84 bits per heavy atom. The lowest BCUT2D eigenvalue weighted by molar-refractivity contribution is 0.167. The van der Waals surface area contributed by atoms with Crippen LogP contribution in [0.2, 0.25) is 5.02 Å². The molecule has 0 saturated heterocycles. The summed E-state index contributed by atoms with van der Waals surface area (Å²) < 4.78 is 9.87. The number of halogens is 1. The van der Waals surface area contributed by atoms with E-state index in [2.05, 4.69) is 15.3 Å². The summed E-state index contributed by atoms with van der Waals surface area (Å²) in [6.07, 6.45) is -0.614. The maximum absolute atomic E-state index is 11.4. The summed E-state index contributed by atoms with van der Waals surface area (Å²) in [6.45, 7) is 1.98. The number of anilines is 1. The van der Waals surface area contributed by atoms with Gasteiger partial charge in [-0.1, -0.05) is 11.6 Å². The second-order valence-electron chi connectivity index (χ2n) is 3.56. The van der Waals surface area contributed by atoms with Crippen LogP contribution in [0.5, 0.6) is 5.88 Å². The van der Waals surface area contributed by atoms with Crippen LogP contribution in [0.15, 0.2) is 18.2 Å². The lowest BCUT2D eigenvalue weighted by atomic mass is 10.3. The van der Waals surface area contributed by atoms with Crippen LogP contribution in [0.4, 0.5) is 10.6 Å². The summed E-state index contributed by atoms with van der Waals surface area (Å²) in [7, 11) is 1.45. The van der Waals surface area contributed by atoms with Crippen molar-refractivity contribution < 1.29 is 14.3 Å². The largest absolute Gasteiger partial charge is 0.478 e. The third-order valence-corrected chi connectivity index (χ3v) is 2.52. The average Bonchev–Trinajstić information content (AvgIpc) is 2.38. The zero-order chi connectivity index (χ0) is 13.8. The first kappa shape index (κ1) is 13.4. The van der Waals surface area contributed by atoms with E-state index >= 15 is 0 Å². The minimum Gasteiger partial charge on any atom is -0.478 e. The van der Waals surface area contributed by atoms with Gasteiger partial charge in [-0.3, -0.25) is 5.32 Å². The summed E-state index contributed by atoms with van der Waals surface area (Å²) in [5.74, 6) is 0.401. The van der Waals surface area contributed by atoms with Crippen molar-refractivity contribution in [2.75, 3.05) is 19.0 Å². The first-order valence-corrected chi connectivity index (χ1v) is 5.97. The summed E-state index contributed by atoms with van der Waals surface area (Å²) in [6, 6.07) is 5.08. The highest BCUT2D eigenvalue weighted by Gasteiger charge is 2.13. The van der Waals surface area contributed by atoms with E-state index in [-0.39, 0.29) is 18.3 Å². The molecule has 0 fully saturated rings. The van der Waals surface area contributed by atoms with Crippen LogP contribution in [0.3, 0.4) is 0 Å². The van der Waals surface area contributed by atoms with Crippen molar-refractivity contribution in [2.45, 2.75) is 6.92 Å². The minimum absolute atomic E-state index is 0.190. The number of nitrogens with one attached hydrogen (secondary N) is 1. The van der Waals surface area contributed by atoms with Gasteiger partial charge in [0.05, 0.1) is 24.8 Å². The zero-order valence-electron chi connectivity index (χ0n) is 10.4. The molecule has 0 aliphatic carbocycles. The molecule has 0 aliphatic heterocycles. The molecule has 1 aromatic heterocycles. The van der Waals surface area contributed by atoms with Crippen molar-refractivity contribution in [3.63, 3.8) is 0 Å². The van der Waals surface area contributed by atoms with E-state index < -0.39 is 6.09 Å². The van der Waals surface area contributed by atoms with Crippen molar-refractivity contribution in [3.05, 3.63) is 23.2 Å². The number of rotatable bonds is 3. The van der Waals surface area contributed by atoms with Crippen molar-refractivity contribution >= 4 is 34.5 Å². The SMILES string of the molecule is CCOC(=O)Nc1nc2cc(Cl)ccc2nc1OC. The molecule has 7 heteroatoms. The highest BCUT2D eigenvalue weighted by atomic mass is 35.5.